The Kier molecular flexibility index (Phi) is 8.44. The molecule has 0 aromatic heterocycles. The molecule has 0 radical (unpaired) electrons. The van der Waals surface area contributed by atoms with Crippen LogP contribution in [0, 0.1) is 0 Å². The molecule has 0 bridgehead atoms. The molecule has 6 amide bonds. The normalized spacial score (nSPS) is 16.7. The Morgan fingerprint density at radius 2 is 0.909 bits per heavy atom. The van der Waals surface area contributed by atoms with Crippen LogP contribution in [0.1, 0.15) is 108 Å². The zero-order chi connectivity index (χ0) is 38.0. The molecule has 5 aromatic rings. The van der Waals surface area contributed by atoms with Crippen molar-refractivity contribution in [1.82, 2.24) is 14.9 Å². The predicted octanol–water partition coefficient (Wildman–Crippen LogP) is 7.08. The fraction of sp³-hybridized carbons (Fsp3) is 0.273. The van der Waals surface area contributed by atoms with Crippen molar-refractivity contribution in [3.63, 3.8) is 0 Å². The van der Waals surface area contributed by atoms with Gasteiger partial charge in [0.25, 0.3) is 35.4 Å². The molecule has 0 saturated carbocycles. The first-order valence-corrected chi connectivity index (χ1v) is 19.1. The first-order valence-electron chi connectivity index (χ1n) is 19.1. The van der Waals surface area contributed by atoms with E-state index in [4.69, 9.17) is 0 Å². The van der Waals surface area contributed by atoms with Crippen LogP contribution in [0.3, 0.4) is 0 Å². The lowest BCUT2D eigenvalue weighted by Crippen LogP contribution is -2.58. The van der Waals surface area contributed by atoms with Crippen LogP contribution in [-0.2, 0) is 0 Å². The molecule has 4 aliphatic heterocycles. The first-order chi connectivity index (χ1) is 26.8. The number of carbonyl (C=O) groups excluding carboxylic acids is 6. The molecule has 0 N–H and O–H groups in total. The fourth-order valence-electron chi connectivity index (χ4n) is 8.72. The number of piperazine rings is 1. The minimum absolute atomic E-state index is 0.0229. The van der Waals surface area contributed by atoms with Crippen LogP contribution in [0.5, 0.6) is 0 Å². The van der Waals surface area contributed by atoms with Crippen LogP contribution in [0.15, 0.2) is 84.9 Å². The van der Waals surface area contributed by atoms with Gasteiger partial charge in [0.2, 0.25) is 0 Å². The third-order valence-electron chi connectivity index (χ3n) is 11.5. The van der Waals surface area contributed by atoms with Crippen molar-refractivity contribution in [3.05, 3.63) is 118 Å². The Bertz CT molecular complexity index is 2400. The summed E-state index contributed by atoms with van der Waals surface area (Å²) in [5.74, 6) is -4.30. The van der Waals surface area contributed by atoms with Gasteiger partial charge in [-0.1, -0.05) is 69.4 Å². The van der Waals surface area contributed by atoms with Crippen LogP contribution >= 0.6 is 0 Å². The molecule has 9 rings (SSSR count). The number of hydrazine groups is 1. The van der Waals surface area contributed by atoms with E-state index in [0.29, 0.717) is 21.8 Å². The lowest BCUT2D eigenvalue weighted by Gasteiger charge is -2.39. The number of imide groups is 3. The van der Waals surface area contributed by atoms with Crippen LogP contribution < -0.4 is 9.80 Å². The molecule has 11 heteroatoms. The van der Waals surface area contributed by atoms with Gasteiger partial charge in [0.05, 0.1) is 22.3 Å². The summed E-state index contributed by atoms with van der Waals surface area (Å²) in [5, 5.41) is 2.90. The van der Waals surface area contributed by atoms with Crippen molar-refractivity contribution in [2.45, 2.75) is 45.4 Å². The summed E-state index contributed by atoms with van der Waals surface area (Å²) in [6.07, 6.45) is 5.99. The van der Waals surface area contributed by atoms with Gasteiger partial charge in [-0.05, 0) is 61.0 Å². The van der Waals surface area contributed by atoms with Crippen molar-refractivity contribution in [2.75, 3.05) is 42.5 Å². The molecule has 276 valence electrons. The monoisotopic (exact) mass is 733 g/mol. The quantitative estimate of drug-likeness (QED) is 0.110. The first kappa shape index (κ1) is 34.4. The molecule has 0 aliphatic carbocycles. The van der Waals surface area contributed by atoms with E-state index in [1.165, 1.54) is 29.2 Å². The minimum Gasteiger partial charge on any atom is -0.368 e. The average molecular weight is 734 g/mol. The van der Waals surface area contributed by atoms with Gasteiger partial charge in [0.1, 0.15) is 0 Å². The standard InChI is InChI=1S/C44H39N5O6/c1-2-3-4-5-6-10-22-47-39(50)31-16-18-33-38-34(19-17-32(37(31)38)40(47)51)44(55)49(43(33)54)48-41(52)29-15-11-14-28-35(21-20-30(36(28)29)42(48)53)46-25-23-45(24-26-46)27-12-8-7-9-13-27/h7-9,11-21H,2-6,10,22-26H2,1H3. The molecule has 5 aromatic carbocycles. The second kappa shape index (κ2) is 13.5. The lowest BCUT2D eigenvalue weighted by molar-refractivity contribution is 0.00212. The van der Waals surface area contributed by atoms with E-state index in [-0.39, 0.29) is 50.7 Å². The van der Waals surface area contributed by atoms with E-state index in [1.807, 2.05) is 30.3 Å². The van der Waals surface area contributed by atoms with Crippen molar-refractivity contribution in [3.8, 4) is 0 Å². The third kappa shape index (κ3) is 5.32. The molecule has 0 spiro atoms. The molecule has 0 atom stereocenters. The number of amides is 6. The number of benzene rings is 5. The summed E-state index contributed by atoms with van der Waals surface area (Å²) in [4.78, 5) is 90.5. The Morgan fingerprint density at radius 3 is 1.49 bits per heavy atom. The van der Waals surface area contributed by atoms with Crippen molar-refractivity contribution in [1.29, 1.82) is 0 Å². The van der Waals surface area contributed by atoms with Gasteiger partial charge < -0.3 is 9.80 Å². The van der Waals surface area contributed by atoms with Crippen molar-refractivity contribution < 1.29 is 28.8 Å². The number of hydrogen-bond donors (Lipinski definition) is 0. The summed E-state index contributed by atoms with van der Waals surface area (Å²) in [5.41, 5.74) is 2.98. The van der Waals surface area contributed by atoms with Crippen molar-refractivity contribution >= 4 is 68.4 Å². The molecule has 1 fully saturated rings. The molecule has 1 saturated heterocycles. The molecular weight excluding hydrogens is 695 g/mol. The van der Waals surface area contributed by atoms with Gasteiger partial charge in [-0.25, -0.2) is 0 Å². The number of hydrogen-bond acceptors (Lipinski definition) is 8. The lowest BCUT2D eigenvalue weighted by atomic mass is 9.86. The number of para-hydroxylation sites is 1. The molecular formula is C44H39N5O6. The third-order valence-corrected chi connectivity index (χ3v) is 11.5. The highest BCUT2D eigenvalue weighted by Crippen LogP contribution is 2.41. The highest BCUT2D eigenvalue weighted by Gasteiger charge is 2.47. The predicted molar refractivity (Wildman–Crippen MR) is 209 cm³/mol. The smallest absolute Gasteiger partial charge is 0.281 e. The highest BCUT2D eigenvalue weighted by atomic mass is 16.2. The number of unbranched alkanes of at least 4 members (excludes halogenated alkanes) is 5. The van der Waals surface area contributed by atoms with E-state index in [2.05, 4.69) is 28.9 Å². The van der Waals surface area contributed by atoms with E-state index in [9.17, 15) is 28.8 Å². The summed E-state index contributed by atoms with van der Waals surface area (Å²) >= 11 is 0. The molecule has 55 heavy (non-hydrogen) atoms. The molecule has 4 aliphatic rings. The Balaban J connectivity index is 1.01. The number of carbonyl (C=O) groups is 6. The van der Waals surface area contributed by atoms with Crippen molar-refractivity contribution in [2.24, 2.45) is 0 Å². The summed E-state index contributed by atoms with van der Waals surface area (Å²) in [7, 11) is 0. The maximum atomic E-state index is 14.3. The molecule has 4 heterocycles. The van der Waals surface area contributed by atoms with E-state index < -0.39 is 35.4 Å². The van der Waals surface area contributed by atoms with Crippen LogP contribution in [0.4, 0.5) is 11.4 Å². The molecule has 11 nitrogen and oxygen atoms in total. The Labute approximate surface area is 317 Å². The van der Waals surface area contributed by atoms with Gasteiger partial charge in [-0.3, -0.25) is 33.7 Å². The number of nitrogens with zero attached hydrogens (tertiary/aromatic N) is 5. The number of anilines is 2. The maximum Gasteiger partial charge on any atom is 0.281 e. The maximum absolute atomic E-state index is 14.3. The van der Waals surface area contributed by atoms with Gasteiger partial charge in [-0.2, -0.15) is 10.0 Å². The summed E-state index contributed by atoms with van der Waals surface area (Å²) in [6.45, 7) is 5.50. The average Bonchev–Trinajstić information content (AvgIpc) is 3.21. The summed E-state index contributed by atoms with van der Waals surface area (Å²) < 4.78 is 0. The second-order valence-corrected chi connectivity index (χ2v) is 14.6. The van der Waals surface area contributed by atoms with Gasteiger partial charge >= 0.3 is 0 Å². The minimum atomic E-state index is -0.888. The van der Waals surface area contributed by atoms with Gasteiger partial charge in [0.15, 0.2) is 0 Å². The zero-order valence-corrected chi connectivity index (χ0v) is 30.5. The highest BCUT2D eigenvalue weighted by molar-refractivity contribution is 6.35. The SMILES string of the molecule is CCCCCCCCN1C(=O)c2ccc3c4c(ccc(c24)C1=O)C(=O)N(N1C(=O)c2cccc4c(N5CCN(c6ccccc6)CC5)ccc(c24)C1=O)C3=O. The largest absolute Gasteiger partial charge is 0.368 e. The number of rotatable bonds is 10. The molecule has 0 unspecified atom stereocenters. The summed E-state index contributed by atoms with van der Waals surface area (Å²) in [6, 6.07) is 24.9. The Hall–Kier alpha value is -6.36. The van der Waals surface area contributed by atoms with E-state index in [0.717, 1.165) is 75.0 Å². The Morgan fingerprint density at radius 1 is 0.436 bits per heavy atom. The van der Waals surface area contributed by atoms with E-state index >= 15 is 0 Å². The second-order valence-electron chi connectivity index (χ2n) is 14.6. The van der Waals surface area contributed by atoms with Crippen LogP contribution in [0.25, 0.3) is 21.5 Å². The van der Waals surface area contributed by atoms with Gasteiger partial charge in [0, 0.05) is 76.8 Å². The van der Waals surface area contributed by atoms with Crippen LogP contribution in [0.2, 0.25) is 0 Å². The fourth-order valence-corrected chi connectivity index (χ4v) is 8.72. The topological polar surface area (TPSA) is 119 Å². The van der Waals surface area contributed by atoms with Crippen LogP contribution in [-0.4, -0.2) is 83.1 Å². The van der Waals surface area contributed by atoms with E-state index in [1.54, 1.807) is 18.2 Å². The van der Waals surface area contributed by atoms with Gasteiger partial charge in [-0.15, -0.1) is 0 Å². The zero-order valence-electron chi connectivity index (χ0n) is 30.5.